The number of alkyl halides is 1. The summed E-state index contributed by atoms with van der Waals surface area (Å²) in [6.45, 7) is 0. The molecule has 4 heteroatoms. The fourth-order valence-corrected chi connectivity index (χ4v) is 4.64. The summed E-state index contributed by atoms with van der Waals surface area (Å²) in [7, 11) is 0. The standard InChI is InChI=1S/C10H8Br2S2/c1-13-10-7-4-6(12)2-3-8(7)14-9(10)5-11/h2-4H,5H2,1H3. The van der Waals surface area contributed by atoms with Gasteiger partial charge in [0.15, 0.2) is 0 Å². The molecule has 1 aromatic carbocycles. The molecule has 74 valence electrons. The summed E-state index contributed by atoms with van der Waals surface area (Å²) < 4.78 is 2.52. The van der Waals surface area contributed by atoms with E-state index in [0.29, 0.717) is 0 Å². The van der Waals surface area contributed by atoms with Gasteiger partial charge in [-0.05, 0) is 24.5 Å². The third-order valence-electron chi connectivity index (χ3n) is 2.00. The van der Waals surface area contributed by atoms with Gasteiger partial charge < -0.3 is 0 Å². The van der Waals surface area contributed by atoms with Crippen LogP contribution in [-0.2, 0) is 5.33 Å². The third-order valence-corrected chi connectivity index (χ3v) is 5.60. The Labute approximate surface area is 108 Å². The Morgan fingerprint density at radius 2 is 2.21 bits per heavy atom. The second kappa shape index (κ2) is 4.56. The number of rotatable bonds is 2. The molecule has 2 aromatic rings. The maximum atomic E-state index is 3.53. The van der Waals surface area contributed by atoms with Crippen LogP contribution in [0.5, 0.6) is 0 Å². The van der Waals surface area contributed by atoms with Crippen LogP contribution in [0, 0.1) is 0 Å². The smallest absolute Gasteiger partial charge is 0.0389 e. The van der Waals surface area contributed by atoms with Gasteiger partial charge in [0.25, 0.3) is 0 Å². The lowest BCUT2D eigenvalue weighted by Gasteiger charge is -1.96. The minimum Gasteiger partial charge on any atom is -0.138 e. The highest BCUT2D eigenvalue weighted by Crippen LogP contribution is 2.39. The van der Waals surface area contributed by atoms with Crippen molar-refractivity contribution in [2.45, 2.75) is 10.2 Å². The summed E-state index contributed by atoms with van der Waals surface area (Å²) in [5, 5.41) is 2.31. The first-order valence-corrected chi connectivity index (χ1v) is 8.02. The molecule has 0 fully saturated rings. The number of halogens is 2. The average Bonchev–Trinajstić information content (AvgIpc) is 2.54. The number of thiophene rings is 1. The van der Waals surface area contributed by atoms with Gasteiger partial charge >= 0.3 is 0 Å². The zero-order valence-electron chi connectivity index (χ0n) is 7.51. The van der Waals surface area contributed by atoms with Gasteiger partial charge in [-0.3, -0.25) is 0 Å². The summed E-state index contributed by atoms with van der Waals surface area (Å²) in [5.74, 6) is 0. The van der Waals surface area contributed by atoms with E-state index in [2.05, 4.69) is 56.3 Å². The lowest BCUT2D eigenvalue weighted by molar-refractivity contribution is 1.43. The van der Waals surface area contributed by atoms with Crippen molar-refractivity contribution in [1.82, 2.24) is 0 Å². The predicted molar refractivity (Wildman–Crippen MR) is 73.9 cm³/mol. The Morgan fingerprint density at radius 3 is 2.86 bits per heavy atom. The van der Waals surface area contributed by atoms with Crippen molar-refractivity contribution in [2.24, 2.45) is 0 Å². The minimum absolute atomic E-state index is 0.945. The summed E-state index contributed by atoms with van der Waals surface area (Å²) >= 11 is 10.7. The molecule has 1 heterocycles. The van der Waals surface area contributed by atoms with E-state index in [1.165, 1.54) is 19.9 Å². The molecule has 0 N–H and O–H groups in total. The summed E-state index contributed by atoms with van der Waals surface area (Å²) in [4.78, 5) is 2.83. The van der Waals surface area contributed by atoms with E-state index in [9.17, 15) is 0 Å². The molecule has 0 aliphatic carbocycles. The molecule has 0 saturated heterocycles. The average molecular weight is 352 g/mol. The Hall–Kier alpha value is 0.490. The second-order valence-electron chi connectivity index (χ2n) is 2.83. The van der Waals surface area contributed by atoms with Gasteiger partial charge in [0, 0.05) is 29.7 Å². The molecule has 1 aromatic heterocycles. The van der Waals surface area contributed by atoms with Gasteiger partial charge in [0.1, 0.15) is 0 Å². The van der Waals surface area contributed by atoms with Crippen LogP contribution in [0.1, 0.15) is 4.88 Å². The topological polar surface area (TPSA) is 0 Å². The summed E-state index contributed by atoms with van der Waals surface area (Å²) in [6.07, 6.45) is 2.13. The van der Waals surface area contributed by atoms with Crippen LogP contribution < -0.4 is 0 Å². The molecule has 0 saturated carbocycles. The van der Waals surface area contributed by atoms with Crippen LogP contribution in [0.15, 0.2) is 27.6 Å². The molecular weight excluding hydrogens is 344 g/mol. The van der Waals surface area contributed by atoms with Crippen LogP contribution >= 0.6 is 55.0 Å². The van der Waals surface area contributed by atoms with E-state index in [4.69, 9.17) is 0 Å². The molecule has 0 radical (unpaired) electrons. The highest BCUT2D eigenvalue weighted by molar-refractivity contribution is 9.10. The van der Waals surface area contributed by atoms with Crippen molar-refractivity contribution >= 4 is 65.0 Å². The second-order valence-corrected chi connectivity index (χ2v) is 6.26. The number of benzene rings is 1. The maximum Gasteiger partial charge on any atom is 0.0389 e. The van der Waals surface area contributed by atoms with Crippen LogP contribution in [0.3, 0.4) is 0 Å². The molecule has 0 bridgehead atoms. The monoisotopic (exact) mass is 350 g/mol. The van der Waals surface area contributed by atoms with Crippen molar-refractivity contribution in [3.8, 4) is 0 Å². The van der Waals surface area contributed by atoms with Gasteiger partial charge in [-0.15, -0.1) is 23.1 Å². The number of fused-ring (bicyclic) bond motifs is 1. The number of hydrogen-bond donors (Lipinski definition) is 0. The molecular formula is C10H8Br2S2. The van der Waals surface area contributed by atoms with Crippen molar-refractivity contribution in [3.63, 3.8) is 0 Å². The third kappa shape index (κ3) is 1.90. The van der Waals surface area contributed by atoms with Gasteiger partial charge in [0.2, 0.25) is 0 Å². The Balaban J connectivity index is 2.74. The van der Waals surface area contributed by atoms with Gasteiger partial charge in [-0.1, -0.05) is 31.9 Å². The number of thioether (sulfide) groups is 1. The van der Waals surface area contributed by atoms with E-state index >= 15 is 0 Å². The molecule has 0 spiro atoms. The van der Waals surface area contributed by atoms with Gasteiger partial charge in [-0.2, -0.15) is 0 Å². The van der Waals surface area contributed by atoms with Crippen molar-refractivity contribution < 1.29 is 0 Å². The number of hydrogen-bond acceptors (Lipinski definition) is 2. The molecule has 0 aliphatic heterocycles. The van der Waals surface area contributed by atoms with Gasteiger partial charge in [0.05, 0.1) is 0 Å². The van der Waals surface area contributed by atoms with Crippen LogP contribution in [-0.4, -0.2) is 6.26 Å². The Kier molecular flexibility index (Phi) is 3.58. The van der Waals surface area contributed by atoms with Crippen molar-refractivity contribution in [3.05, 3.63) is 27.5 Å². The van der Waals surface area contributed by atoms with E-state index in [0.717, 1.165) is 9.80 Å². The van der Waals surface area contributed by atoms with Crippen LogP contribution in [0.4, 0.5) is 0 Å². The predicted octanol–water partition coefficient (Wildman–Crippen LogP) is 5.28. The lowest BCUT2D eigenvalue weighted by atomic mass is 10.2. The molecule has 14 heavy (non-hydrogen) atoms. The van der Waals surface area contributed by atoms with Gasteiger partial charge in [-0.25, -0.2) is 0 Å². The lowest BCUT2D eigenvalue weighted by Crippen LogP contribution is -1.73. The van der Waals surface area contributed by atoms with Crippen molar-refractivity contribution in [1.29, 1.82) is 0 Å². The first kappa shape index (κ1) is 11.0. The first-order valence-electron chi connectivity index (χ1n) is 4.07. The molecule has 0 aliphatic rings. The fraction of sp³-hybridized carbons (Fsp3) is 0.200. The normalized spacial score (nSPS) is 11.1. The van der Waals surface area contributed by atoms with E-state index < -0.39 is 0 Å². The molecule has 0 nitrogen and oxygen atoms in total. The molecule has 0 amide bonds. The maximum absolute atomic E-state index is 3.53. The Morgan fingerprint density at radius 1 is 1.43 bits per heavy atom. The SMILES string of the molecule is CSc1c(CBr)sc2ccc(Br)cc12. The molecule has 2 rings (SSSR count). The minimum atomic E-state index is 0.945. The summed E-state index contributed by atoms with van der Waals surface area (Å²) in [6, 6.07) is 6.47. The van der Waals surface area contributed by atoms with Crippen LogP contribution in [0.2, 0.25) is 0 Å². The zero-order chi connectivity index (χ0) is 10.1. The summed E-state index contributed by atoms with van der Waals surface area (Å²) in [5.41, 5.74) is 0. The van der Waals surface area contributed by atoms with Crippen molar-refractivity contribution in [2.75, 3.05) is 6.26 Å². The largest absolute Gasteiger partial charge is 0.138 e. The Bertz CT molecular complexity index is 462. The quantitative estimate of drug-likeness (QED) is 0.523. The zero-order valence-corrected chi connectivity index (χ0v) is 12.3. The molecule has 0 atom stereocenters. The van der Waals surface area contributed by atoms with E-state index in [1.54, 1.807) is 0 Å². The van der Waals surface area contributed by atoms with E-state index in [1.807, 2.05) is 23.1 Å². The fourth-order valence-electron chi connectivity index (χ4n) is 1.41. The first-order chi connectivity index (χ1) is 6.76. The van der Waals surface area contributed by atoms with Crippen LogP contribution in [0.25, 0.3) is 10.1 Å². The van der Waals surface area contributed by atoms with E-state index in [-0.39, 0.29) is 0 Å². The highest BCUT2D eigenvalue weighted by atomic mass is 79.9. The highest BCUT2D eigenvalue weighted by Gasteiger charge is 2.10. The molecule has 0 unspecified atom stereocenters.